The standard InChI is InChI=1S/C20H24FN5O2/c1-28-15-6-4-14(5-7-15)18-17(21)19(24-13-23-18)26-11-9-25(10-12-26)16-3-2-8-22-20(16)27/h4-7,13,16H,2-3,8-12H2,1H3,(H,22,27). The molecule has 2 aliphatic heterocycles. The van der Waals surface area contributed by atoms with Crippen molar-refractivity contribution in [2.75, 3.05) is 44.7 Å². The number of hydrogen-bond acceptors (Lipinski definition) is 6. The van der Waals surface area contributed by atoms with Crippen molar-refractivity contribution in [2.45, 2.75) is 18.9 Å². The molecule has 0 spiro atoms. The van der Waals surface area contributed by atoms with Crippen molar-refractivity contribution in [3.8, 4) is 17.0 Å². The highest BCUT2D eigenvalue weighted by molar-refractivity contribution is 5.82. The smallest absolute Gasteiger partial charge is 0.237 e. The lowest BCUT2D eigenvalue weighted by Crippen LogP contribution is -2.57. The lowest BCUT2D eigenvalue weighted by Gasteiger charge is -2.40. The summed E-state index contributed by atoms with van der Waals surface area (Å²) < 4.78 is 20.3. The van der Waals surface area contributed by atoms with E-state index >= 15 is 4.39 Å². The molecule has 0 radical (unpaired) electrons. The molecule has 4 rings (SSSR count). The number of nitrogens with zero attached hydrogens (tertiary/aromatic N) is 4. The molecule has 2 aromatic rings. The van der Waals surface area contributed by atoms with E-state index < -0.39 is 5.82 Å². The lowest BCUT2D eigenvalue weighted by atomic mass is 10.0. The zero-order chi connectivity index (χ0) is 19.5. The Kier molecular flexibility index (Phi) is 5.38. The van der Waals surface area contributed by atoms with E-state index in [0.717, 1.165) is 19.4 Å². The fourth-order valence-corrected chi connectivity index (χ4v) is 3.88. The van der Waals surface area contributed by atoms with Crippen molar-refractivity contribution >= 4 is 11.7 Å². The molecule has 3 heterocycles. The average Bonchev–Trinajstić information content (AvgIpc) is 2.75. The molecule has 2 saturated heterocycles. The number of piperidine rings is 1. The largest absolute Gasteiger partial charge is 0.497 e. The van der Waals surface area contributed by atoms with Gasteiger partial charge in [-0.25, -0.2) is 14.4 Å². The topological polar surface area (TPSA) is 70.6 Å². The molecule has 2 aliphatic rings. The Labute approximate surface area is 163 Å². The third-order valence-electron chi connectivity index (χ3n) is 5.45. The van der Waals surface area contributed by atoms with Gasteiger partial charge in [-0.1, -0.05) is 0 Å². The Morgan fingerprint density at radius 2 is 1.89 bits per heavy atom. The van der Waals surface area contributed by atoms with E-state index in [1.54, 1.807) is 31.4 Å². The number of carbonyl (C=O) groups is 1. The summed E-state index contributed by atoms with van der Waals surface area (Å²) in [6, 6.07) is 7.07. The van der Waals surface area contributed by atoms with Crippen LogP contribution < -0.4 is 15.0 Å². The molecule has 0 bridgehead atoms. The monoisotopic (exact) mass is 385 g/mol. The molecule has 1 N–H and O–H groups in total. The minimum atomic E-state index is -0.420. The van der Waals surface area contributed by atoms with Crippen molar-refractivity contribution < 1.29 is 13.9 Å². The van der Waals surface area contributed by atoms with E-state index in [0.29, 0.717) is 43.3 Å². The highest BCUT2D eigenvalue weighted by Crippen LogP contribution is 2.28. The van der Waals surface area contributed by atoms with Gasteiger partial charge in [-0.2, -0.15) is 0 Å². The van der Waals surface area contributed by atoms with Crippen LogP contribution in [0.4, 0.5) is 10.2 Å². The van der Waals surface area contributed by atoms with Gasteiger partial charge in [0.25, 0.3) is 0 Å². The summed E-state index contributed by atoms with van der Waals surface area (Å²) >= 11 is 0. The average molecular weight is 385 g/mol. The number of nitrogens with one attached hydrogen (secondary N) is 1. The second kappa shape index (κ2) is 8.10. The van der Waals surface area contributed by atoms with Crippen molar-refractivity contribution in [2.24, 2.45) is 0 Å². The van der Waals surface area contributed by atoms with Gasteiger partial charge >= 0.3 is 0 Å². The zero-order valence-corrected chi connectivity index (χ0v) is 15.9. The number of piperazine rings is 1. The van der Waals surface area contributed by atoms with E-state index in [2.05, 4.69) is 20.2 Å². The number of methoxy groups -OCH3 is 1. The molecular weight excluding hydrogens is 361 g/mol. The molecule has 148 valence electrons. The van der Waals surface area contributed by atoms with Crippen molar-refractivity contribution in [3.63, 3.8) is 0 Å². The number of aromatic nitrogens is 2. The van der Waals surface area contributed by atoms with Crippen LogP contribution in [0.2, 0.25) is 0 Å². The number of rotatable bonds is 4. The minimum Gasteiger partial charge on any atom is -0.497 e. The summed E-state index contributed by atoms with van der Waals surface area (Å²) in [5.41, 5.74) is 0.959. The van der Waals surface area contributed by atoms with Gasteiger partial charge in [0.15, 0.2) is 11.6 Å². The lowest BCUT2D eigenvalue weighted by molar-refractivity contribution is -0.128. The van der Waals surface area contributed by atoms with Gasteiger partial charge in [0.1, 0.15) is 17.8 Å². The Morgan fingerprint density at radius 1 is 1.14 bits per heavy atom. The van der Waals surface area contributed by atoms with Gasteiger partial charge in [-0.05, 0) is 37.1 Å². The highest BCUT2D eigenvalue weighted by atomic mass is 19.1. The molecule has 0 saturated carbocycles. The molecule has 2 fully saturated rings. The quantitative estimate of drug-likeness (QED) is 0.864. The Bertz CT molecular complexity index is 837. The molecule has 1 atom stereocenters. The highest BCUT2D eigenvalue weighted by Gasteiger charge is 2.31. The summed E-state index contributed by atoms with van der Waals surface area (Å²) in [4.78, 5) is 24.5. The second-order valence-electron chi connectivity index (χ2n) is 7.06. The Morgan fingerprint density at radius 3 is 2.57 bits per heavy atom. The summed E-state index contributed by atoms with van der Waals surface area (Å²) in [7, 11) is 1.59. The number of hydrogen-bond donors (Lipinski definition) is 1. The molecule has 28 heavy (non-hydrogen) atoms. The van der Waals surface area contributed by atoms with Crippen molar-refractivity contribution in [3.05, 3.63) is 36.4 Å². The zero-order valence-electron chi connectivity index (χ0n) is 15.9. The fraction of sp³-hybridized carbons (Fsp3) is 0.450. The number of anilines is 1. The van der Waals surface area contributed by atoms with Crippen LogP contribution in [0.1, 0.15) is 12.8 Å². The molecule has 8 heteroatoms. The molecule has 1 unspecified atom stereocenters. The first-order chi connectivity index (χ1) is 13.7. The first-order valence-electron chi connectivity index (χ1n) is 9.59. The van der Waals surface area contributed by atoms with Gasteiger partial charge < -0.3 is 15.0 Å². The maximum atomic E-state index is 15.2. The van der Waals surface area contributed by atoms with Crippen LogP contribution in [0.3, 0.4) is 0 Å². The number of amides is 1. The van der Waals surface area contributed by atoms with Crippen LogP contribution in [-0.4, -0.2) is 66.7 Å². The van der Waals surface area contributed by atoms with Gasteiger partial charge in [-0.15, -0.1) is 0 Å². The molecule has 1 amide bonds. The first kappa shape index (κ1) is 18.6. The van der Waals surface area contributed by atoms with E-state index in [4.69, 9.17) is 4.74 Å². The van der Waals surface area contributed by atoms with Gasteiger partial charge in [-0.3, -0.25) is 9.69 Å². The second-order valence-corrected chi connectivity index (χ2v) is 7.06. The van der Waals surface area contributed by atoms with Gasteiger partial charge in [0.2, 0.25) is 5.91 Å². The Balaban J connectivity index is 1.48. The van der Waals surface area contributed by atoms with Gasteiger partial charge in [0, 0.05) is 38.3 Å². The van der Waals surface area contributed by atoms with Crippen molar-refractivity contribution in [1.29, 1.82) is 0 Å². The van der Waals surface area contributed by atoms with Crippen LogP contribution in [0, 0.1) is 5.82 Å². The summed E-state index contributed by atoms with van der Waals surface area (Å²) in [6.07, 6.45) is 3.29. The SMILES string of the molecule is COc1ccc(-c2ncnc(N3CCN(C4CCCNC4=O)CC3)c2F)cc1. The fourth-order valence-electron chi connectivity index (χ4n) is 3.88. The molecule has 1 aromatic carbocycles. The predicted octanol–water partition coefficient (Wildman–Crippen LogP) is 1.69. The first-order valence-corrected chi connectivity index (χ1v) is 9.59. The van der Waals surface area contributed by atoms with E-state index in [9.17, 15) is 4.79 Å². The maximum Gasteiger partial charge on any atom is 0.237 e. The summed E-state index contributed by atoms with van der Waals surface area (Å²) in [6.45, 7) is 3.42. The van der Waals surface area contributed by atoms with Crippen LogP contribution in [0.15, 0.2) is 30.6 Å². The normalized spacial score (nSPS) is 20.7. The number of benzene rings is 1. The molecule has 1 aromatic heterocycles. The van der Waals surface area contributed by atoms with Crippen molar-refractivity contribution in [1.82, 2.24) is 20.2 Å². The van der Waals surface area contributed by atoms with Gasteiger partial charge in [0.05, 0.1) is 13.2 Å². The number of ether oxygens (including phenoxy) is 1. The summed E-state index contributed by atoms with van der Waals surface area (Å²) in [5.74, 6) is 0.709. The Hall–Kier alpha value is -2.74. The third kappa shape index (κ3) is 3.64. The maximum absolute atomic E-state index is 15.2. The predicted molar refractivity (Wildman–Crippen MR) is 104 cm³/mol. The van der Waals surface area contributed by atoms with Crippen LogP contribution in [-0.2, 0) is 4.79 Å². The van der Waals surface area contributed by atoms with E-state index in [1.807, 2.05) is 4.90 Å². The number of halogens is 1. The van der Waals surface area contributed by atoms with E-state index in [-0.39, 0.29) is 17.6 Å². The minimum absolute atomic E-state index is 0.0685. The van der Waals surface area contributed by atoms with E-state index in [1.165, 1.54) is 6.33 Å². The molecule has 0 aliphatic carbocycles. The summed E-state index contributed by atoms with van der Waals surface area (Å²) in [5, 5.41) is 2.93. The van der Waals surface area contributed by atoms with Crippen LogP contribution in [0.25, 0.3) is 11.3 Å². The third-order valence-corrected chi connectivity index (χ3v) is 5.45. The molecule has 7 nitrogen and oxygen atoms in total. The molecular formula is C20H24FN5O2. The van der Waals surface area contributed by atoms with Crippen LogP contribution >= 0.6 is 0 Å². The number of carbonyl (C=O) groups excluding carboxylic acids is 1. The van der Waals surface area contributed by atoms with Crippen LogP contribution in [0.5, 0.6) is 5.75 Å².